The highest BCUT2D eigenvalue weighted by atomic mass is 16.3. The summed E-state index contributed by atoms with van der Waals surface area (Å²) in [5.41, 5.74) is 46.2. The van der Waals surface area contributed by atoms with E-state index in [0.29, 0.717) is 0 Å². The van der Waals surface area contributed by atoms with Crippen molar-refractivity contribution in [3.05, 3.63) is 456 Å². The molecule has 6 nitrogen and oxygen atoms in total. The predicted molar refractivity (Wildman–Crippen MR) is 558 cm³/mol. The first kappa shape index (κ1) is 78.3. The molecule has 133 heavy (non-hydrogen) atoms. The van der Waals surface area contributed by atoms with Crippen molar-refractivity contribution >= 4 is 144 Å². The van der Waals surface area contributed by atoms with Crippen LogP contribution in [-0.2, 0) is 27.1 Å². The average Bonchev–Trinajstić information content (AvgIpc) is 1.52. The van der Waals surface area contributed by atoms with Gasteiger partial charge in [0.05, 0.1) is 22.1 Å². The molecule has 6 heteroatoms. The van der Waals surface area contributed by atoms with Crippen LogP contribution in [-0.4, -0.2) is 9.13 Å². The number of nitrogens with zero attached hydrogens (tertiary/aromatic N) is 4. The van der Waals surface area contributed by atoms with Crippen LogP contribution in [0.5, 0.6) is 0 Å². The number of para-hydroxylation sites is 4. The third-order valence-corrected chi connectivity index (χ3v) is 30.7. The summed E-state index contributed by atoms with van der Waals surface area (Å²) in [6.07, 6.45) is 0. The van der Waals surface area contributed by atoms with Gasteiger partial charge in [0.25, 0.3) is 0 Å². The van der Waals surface area contributed by atoms with Crippen LogP contribution in [0.1, 0.15) is 125 Å². The van der Waals surface area contributed by atoms with Crippen LogP contribution in [0.4, 0.5) is 34.1 Å². The molecule has 4 aromatic heterocycles. The number of benzene rings is 18. The van der Waals surface area contributed by atoms with Gasteiger partial charge in [-0.2, -0.15) is 0 Å². The maximum absolute atomic E-state index is 6.42. The molecule has 0 amide bonds. The third kappa shape index (κ3) is 11.6. The van der Waals surface area contributed by atoms with E-state index < -0.39 is 0 Å². The standard InChI is InChI=1S/C65H50N2O.C62H46N2O/c1-63(2)53-19-11-7-15-45(53)46-31-25-40(35-55(46)63)39-23-26-41(27-24-39)66(43-29-33-51-56(37-43)65(5,6)61-50-18-8-12-20-54(50)64(3,4)62(51)61)42-30-34-58-52(36-42)47-16-9-13-21-57(47)67(58)44-28-32-49-48-17-10-14-22-59(48)68-60(49)38-44;1-61(2)53-19-11-8-18-50(53)59-60(61)51-34-31-45(37-54(51)62(59,3)4)63(43-28-26-42(27-29-43)41-24-22-40(23-25-41)39-14-6-5-7-15-39)44-32-35-56-52(36-44)47-16-9-12-20-55(47)64(56)46-30-33-49-48-17-10-13-21-57(48)65-58(49)38-46/h7-38H,1-6H3;5-38H,1-4H3. The lowest BCUT2D eigenvalue weighted by molar-refractivity contribution is 0.660. The van der Waals surface area contributed by atoms with Gasteiger partial charge in [-0.25, -0.2) is 0 Å². The molecule has 636 valence electrons. The molecule has 22 aromatic rings. The van der Waals surface area contributed by atoms with Gasteiger partial charge in [-0.05, 0) is 262 Å². The monoisotopic (exact) mass is 1710 g/mol. The van der Waals surface area contributed by atoms with Crippen LogP contribution in [0.2, 0.25) is 0 Å². The number of allylic oxidation sites excluding steroid dienone is 4. The number of furan rings is 2. The summed E-state index contributed by atoms with van der Waals surface area (Å²) in [5.74, 6) is 0. The molecule has 0 saturated heterocycles. The fraction of sp³-hybridized carbons (Fsp3) is 0.118. The molecule has 5 aliphatic carbocycles. The van der Waals surface area contributed by atoms with Gasteiger partial charge in [0.2, 0.25) is 0 Å². The SMILES string of the molecule is CC1(C)C2=C(c3ccccc31)C(C)(C)c1cc(N(c3ccc(-c4ccc(-c5ccccc5)cc4)cc3)c3ccc4c(c3)c3ccccc3n4-c3ccc4c(c3)oc3ccccc34)ccc12.CC1(C)C2=C(c3ccccc31)C(C)(C)c1cc(N(c3ccc(-c4ccc5c(c4)C(C)(C)c4ccccc4-5)cc3)c3ccc4c(c3)c3ccccc3n4-c3ccc4c(c3)oc3ccccc34)ccc12. The Morgan fingerprint density at radius 1 is 0.180 bits per heavy atom. The molecule has 5 aliphatic rings. The first-order chi connectivity index (χ1) is 64.7. The van der Waals surface area contributed by atoms with E-state index in [4.69, 9.17) is 8.83 Å². The van der Waals surface area contributed by atoms with Crippen LogP contribution in [0.15, 0.2) is 409 Å². The van der Waals surface area contributed by atoms with Crippen LogP contribution in [0, 0.1) is 0 Å². The maximum atomic E-state index is 6.42. The zero-order chi connectivity index (χ0) is 89.5. The number of anilines is 6. The van der Waals surface area contributed by atoms with Crippen molar-refractivity contribution < 1.29 is 8.83 Å². The molecule has 0 saturated carbocycles. The highest BCUT2D eigenvalue weighted by Crippen LogP contribution is 2.66. The molecule has 0 aliphatic heterocycles. The number of hydrogen-bond acceptors (Lipinski definition) is 4. The quantitative estimate of drug-likeness (QED) is 0.129. The number of rotatable bonds is 11. The second-order valence-electron chi connectivity index (χ2n) is 39.9. The van der Waals surface area contributed by atoms with Gasteiger partial charge >= 0.3 is 0 Å². The molecule has 0 unspecified atom stereocenters. The molecule has 0 N–H and O–H groups in total. The summed E-state index contributed by atoms with van der Waals surface area (Å²) in [5, 5.41) is 9.35. The lowest BCUT2D eigenvalue weighted by Gasteiger charge is -2.31. The Kier molecular flexibility index (Phi) is 16.8. The Hall–Kier alpha value is -15.8. The molecule has 18 aromatic carbocycles. The second-order valence-corrected chi connectivity index (χ2v) is 39.9. The van der Waals surface area contributed by atoms with E-state index in [-0.39, 0.29) is 27.1 Å². The van der Waals surface area contributed by atoms with Gasteiger partial charge in [0.15, 0.2) is 0 Å². The highest BCUT2D eigenvalue weighted by molar-refractivity contribution is 6.16. The summed E-state index contributed by atoms with van der Waals surface area (Å²) in [7, 11) is 0. The first-order valence-corrected chi connectivity index (χ1v) is 46.8. The zero-order valence-electron chi connectivity index (χ0n) is 76.2. The average molecular weight is 1710 g/mol. The van der Waals surface area contributed by atoms with Crippen LogP contribution < -0.4 is 9.80 Å². The minimum Gasteiger partial charge on any atom is -0.456 e. The largest absolute Gasteiger partial charge is 0.456 e. The summed E-state index contributed by atoms with van der Waals surface area (Å²) < 4.78 is 17.6. The van der Waals surface area contributed by atoms with Crippen LogP contribution >= 0.6 is 0 Å². The summed E-state index contributed by atoms with van der Waals surface area (Å²) in [4.78, 5) is 4.92. The fourth-order valence-electron chi connectivity index (χ4n) is 24.3. The summed E-state index contributed by atoms with van der Waals surface area (Å²) >= 11 is 0. The minimum atomic E-state index is -0.181. The third-order valence-electron chi connectivity index (χ3n) is 30.7. The molecule has 0 fully saturated rings. The molecule has 0 radical (unpaired) electrons. The van der Waals surface area contributed by atoms with Crippen molar-refractivity contribution in [1.82, 2.24) is 9.13 Å². The van der Waals surface area contributed by atoms with E-state index in [1.54, 1.807) is 0 Å². The normalized spacial score (nSPS) is 15.2. The summed E-state index contributed by atoms with van der Waals surface area (Å²) in [6, 6.07) is 148. The molecule has 0 atom stereocenters. The van der Waals surface area contributed by atoms with E-state index >= 15 is 0 Å². The van der Waals surface area contributed by atoms with E-state index in [2.05, 4.69) is 464 Å². The van der Waals surface area contributed by atoms with Gasteiger partial charge in [0, 0.05) is 128 Å². The number of fused-ring (bicyclic) bond motifs is 23. The number of aromatic nitrogens is 2. The van der Waals surface area contributed by atoms with Gasteiger partial charge in [-0.1, -0.05) is 318 Å². The van der Waals surface area contributed by atoms with E-state index in [9.17, 15) is 0 Å². The fourth-order valence-corrected chi connectivity index (χ4v) is 24.3. The van der Waals surface area contributed by atoms with Crippen molar-refractivity contribution in [2.24, 2.45) is 0 Å². The van der Waals surface area contributed by atoms with Gasteiger partial charge in [0.1, 0.15) is 22.3 Å². The Balaban J connectivity index is 0.000000139. The lowest BCUT2D eigenvalue weighted by Crippen LogP contribution is -2.20. The number of hydrogen-bond donors (Lipinski definition) is 0. The second kappa shape index (κ2) is 28.6. The Morgan fingerprint density at radius 2 is 0.474 bits per heavy atom. The van der Waals surface area contributed by atoms with Crippen molar-refractivity contribution in [2.75, 3.05) is 9.80 Å². The lowest BCUT2D eigenvalue weighted by atomic mass is 9.75. The van der Waals surface area contributed by atoms with E-state index in [0.717, 1.165) is 111 Å². The molecule has 27 rings (SSSR count). The van der Waals surface area contributed by atoms with Crippen molar-refractivity contribution in [2.45, 2.75) is 96.3 Å². The minimum absolute atomic E-state index is 0.0612. The van der Waals surface area contributed by atoms with Gasteiger partial charge in [-0.3, -0.25) is 0 Å². The topological polar surface area (TPSA) is 42.6 Å². The van der Waals surface area contributed by atoms with Gasteiger partial charge < -0.3 is 27.8 Å². The van der Waals surface area contributed by atoms with Crippen molar-refractivity contribution in [3.63, 3.8) is 0 Å². The van der Waals surface area contributed by atoms with Gasteiger partial charge in [-0.15, -0.1) is 0 Å². The van der Waals surface area contributed by atoms with Crippen LogP contribution in [0.3, 0.4) is 0 Å². The smallest absolute Gasteiger partial charge is 0.137 e. The molecule has 4 heterocycles. The Bertz CT molecular complexity index is 8770. The highest BCUT2D eigenvalue weighted by Gasteiger charge is 2.52. The molecule has 0 bridgehead atoms. The molecular formula is C127H96N4O2. The Labute approximate surface area is 774 Å². The van der Waals surface area contributed by atoms with Crippen LogP contribution in [0.25, 0.3) is 166 Å². The maximum Gasteiger partial charge on any atom is 0.137 e. The van der Waals surface area contributed by atoms with Crippen molar-refractivity contribution in [3.8, 4) is 55.9 Å². The first-order valence-electron chi connectivity index (χ1n) is 46.8. The molecule has 0 spiro atoms. The van der Waals surface area contributed by atoms with Crippen molar-refractivity contribution in [1.29, 1.82) is 0 Å². The Morgan fingerprint density at radius 3 is 0.932 bits per heavy atom. The van der Waals surface area contributed by atoms with E-state index in [1.807, 2.05) is 24.3 Å². The molecular weight excluding hydrogens is 1610 g/mol. The predicted octanol–water partition coefficient (Wildman–Crippen LogP) is 34.6. The van der Waals surface area contributed by atoms with E-state index in [1.165, 1.54) is 144 Å². The summed E-state index contributed by atoms with van der Waals surface area (Å²) in [6.45, 7) is 24.0. The zero-order valence-corrected chi connectivity index (χ0v) is 76.2.